The molecule has 1 N–H and O–H groups in total. The molecule has 2 heterocycles. The number of halogens is 1. The minimum Gasteiger partial charge on any atom is -0.487 e. The second kappa shape index (κ2) is 8.90. The van der Waals surface area contributed by atoms with Crippen molar-refractivity contribution in [3.05, 3.63) is 65.4 Å². The third-order valence-corrected chi connectivity index (χ3v) is 5.71. The molecule has 1 aliphatic rings. The second-order valence-corrected chi connectivity index (χ2v) is 9.26. The van der Waals surface area contributed by atoms with Gasteiger partial charge in [-0.2, -0.15) is 0 Å². The maximum absolute atomic E-state index is 13.0. The van der Waals surface area contributed by atoms with Crippen molar-refractivity contribution in [1.29, 1.82) is 0 Å². The molecule has 1 atom stereocenters. The van der Waals surface area contributed by atoms with Crippen molar-refractivity contribution in [2.24, 2.45) is 0 Å². The van der Waals surface area contributed by atoms with Crippen molar-refractivity contribution in [2.75, 3.05) is 17.3 Å². The molecule has 1 amide bonds. The third kappa shape index (κ3) is 4.73. The van der Waals surface area contributed by atoms with E-state index < -0.39 is 17.7 Å². The standard InChI is InChI=1S/C25H25ClN2O5/c1-25(2,3)33-24(31)28-13-17(11-26)21-18-9-16(23(29)30)12-27-22(18)20(10-19(21)28)32-14-15-7-5-4-6-8-15/h4-10,12,17H,11,13-14H2,1-3H3,(H,29,30). The number of carbonyl (C=O) groups is 2. The molecule has 2 aromatic carbocycles. The van der Waals surface area contributed by atoms with Crippen LogP contribution in [-0.4, -0.2) is 40.2 Å². The number of anilines is 1. The molecule has 3 aromatic rings. The number of rotatable bonds is 5. The molecule has 1 aliphatic heterocycles. The first-order valence-electron chi connectivity index (χ1n) is 10.6. The fourth-order valence-corrected chi connectivity index (χ4v) is 4.17. The maximum Gasteiger partial charge on any atom is 0.414 e. The lowest BCUT2D eigenvalue weighted by atomic mass is 9.96. The third-order valence-electron chi connectivity index (χ3n) is 5.34. The summed E-state index contributed by atoms with van der Waals surface area (Å²) in [6.07, 6.45) is 0.815. The Labute approximate surface area is 196 Å². The number of carboxylic acid groups (broad SMARTS) is 1. The minimum atomic E-state index is -1.09. The quantitative estimate of drug-likeness (QED) is 0.491. The highest BCUT2D eigenvalue weighted by Crippen LogP contribution is 2.45. The number of aromatic carboxylic acids is 1. The zero-order valence-electron chi connectivity index (χ0n) is 18.7. The van der Waals surface area contributed by atoms with Gasteiger partial charge in [0.05, 0.1) is 11.3 Å². The Kier molecular flexibility index (Phi) is 6.17. The van der Waals surface area contributed by atoms with Gasteiger partial charge in [0.15, 0.2) is 0 Å². The van der Waals surface area contributed by atoms with E-state index in [1.54, 1.807) is 32.9 Å². The second-order valence-electron chi connectivity index (χ2n) is 8.95. The number of ether oxygens (including phenoxy) is 2. The lowest BCUT2D eigenvalue weighted by molar-refractivity contribution is 0.0581. The van der Waals surface area contributed by atoms with Gasteiger partial charge in [-0.3, -0.25) is 9.88 Å². The fraction of sp³-hybridized carbons (Fsp3) is 0.320. The number of amides is 1. The van der Waals surface area contributed by atoms with E-state index in [4.69, 9.17) is 21.1 Å². The highest BCUT2D eigenvalue weighted by molar-refractivity contribution is 6.19. The number of nitrogens with zero attached hydrogens (tertiary/aromatic N) is 2. The van der Waals surface area contributed by atoms with Gasteiger partial charge in [-0.05, 0) is 38.0 Å². The smallest absolute Gasteiger partial charge is 0.414 e. The van der Waals surface area contributed by atoms with Crippen LogP contribution >= 0.6 is 11.6 Å². The van der Waals surface area contributed by atoms with Crippen LogP contribution in [0, 0.1) is 0 Å². The maximum atomic E-state index is 13.0. The van der Waals surface area contributed by atoms with Gasteiger partial charge in [-0.1, -0.05) is 30.3 Å². The molecule has 0 bridgehead atoms. The summed E-state index contributed by atoms with van der Waals surface area (Å²) in [5.74, 6) is -0.583. The minimum absolute atomic E-state index is 0.0500. The Morgan fingerprint density at radius 1 is 1.21 bits per heavy atom. The Hall–Kier alpha value is -3.32. The highest BCUT2D eigenvalue weighted by Gasteiger charge is 2.37. The van der Waals surface area contributed by atoms with Gasteiger partial charge in [-0.15, -0.1) is 11.6 Å². The lowest BCUT2D eigenvalue weighted by Gasteiger charge is -2.25. The SMILES string of the molecule is CC(C)(C)OC(=O)N1CC(CCl)c2c1cc(OCc1ccccc1)c1ncc(C(=O)O)cc21. The van der Waals surface area contributed by atoms with E-state index in [0.29, 0.717) is 35.5 Å². The van der Waals surface area contributed by atoms with E-state index >= 15 is 0 Å². The molecular formula is C25H25ClN2O5. The summed E-state index contributed by atoms with van der Waals surface area (Å²) in [4.78, 5) is 30.6. The van der Waals surface area contributed by atoms with Crippen LogP contribution in [0.1, 0.15) is 48.2 Å². The van der Waals surface area contributed by atoms with Crippen LogP contribution in [0.2, 0.25) is 0 Å². The van der Waals surface area contributed by atoms with Crippen molar-refractivity contribution < 1.29 is 24.2 Å². The average Bonchev–Trinajstić information content (AvgIpc) is 3.15. The molecule has 7 nitrogen and oxygen atoms in total. The van der Waals surface area contributed by atoms with Crippen LogP contribution < -0.4 is 9.64 Å². The van der Waals surface area contributed by atoms with Crippen molar-refractivity contribution in [3.63, 3.8) is 0 Å². The zero-order chi connectivity index (χ0) is 23.8. The van der Waals surface area contributed by atoms with Crippen LogP contribution in [0.25, 0.3) is 10.9 Å². The van der Waals surface area contributed by atoms with Gasteiger partial charge in [0.1, 0.15) is 23.5 Å². The van der Waals surface area contributed by atoms with Crippen molar-refractivity contribution >= 4 is 40.3 Å². The molecule has 4 rings (SSSR count). The van der Waals surface area contributed by atoms with E-state index in [1.807, 2.05) is 30.3 Å². The van der Waals surface area contributed by atoms with Gasteiger partial charge in [-0.25, -0.2) is 9.59 Å². The Bertz CT molecular complexity index is 1210. The Morgan fingerprint density at radius 3 is 2.58 bits per heavy atom. The van der Waals surface area contributed by atoms with Gasteiger partial charge in [0.25, 0.3) is 0 Å². The van der Waals surface area contributed by atoms with E-state index in [0.717, 1.165) is 11.1 Å². The molecule has 1 unspecified atom stereocenters. The molecule has 0 saturated carbocycles. The fourth-order valence-electron chi connectivity index (χ4n) is 3.92. The summed E-state index contributed by atoms with van der Waals surface area (Å²) in [6.45, 7) is 6.03. The molecule has 0 fully saturated rings. The van der Waals surface area contributed by atoms with E-state index in [2.05, 4.69) is 4.98 Å². The number of hydrogen-bond donors (Lipinski definition) is 1. The molecule has 8 heteroatoms. The van der Waals surface area contributed by atoms with Crippen molar-refractivity contribution in [3.8, 4) is 5.75 Å². The van der Waals surface area contributed by atoms with Gasteiger partial charge in [0.2, 0.25) is 0 Å². The zero-order valence-corrected chi connectivity index (χ0v) is 19.4. The molecule has 33 heavy (non-hydrogen) atoms. The summed E-state index contributed by atoms with van der Waals surface area (Å²) >= 11 is 6.28. The number of alkyl halides is 1. The van der Waals surface area contributed by atoms with Crippen LogP contribution in [0.15, 0.2) is 48.7 Å². The summed E-state index contributed by atoms with van der Waals surface area (Å²) in [6, 6.07) is 13.0. The number of hydrogen-bond acceptors (Lipinski definition) is 5. The molecule has 0 aliphatic carbocycles. The summed E-state index contributed by atoms with van der Waals surface area (Å²) in [5.41, 5.74) is 2.24. The Balaban J connectivity index is 1.85. The highest BCUT2D eigenvalue weighted by atomic mass is 35.5. The number of benzene rings is 2. The Morgan fingerprint density at radius 2 is 1.94 bits per heavy atom. The first-order valence-corrected chi connectivity index (χ1v) is 11.1. The first-order chi connectivity index (χ1) is 15.7. The molecule has 0 radical (unpaired) electrons. The topological polar surface area (TPSA) is 89.0 Å². The molecule has 0 spiro atoms. The first kappa shape index (κ1) is 22.9. The molecule has 1 aromatic heterocycles. The van der Waals surface area contributed by atoms with Crippen LogP contribution in [-0.2, 0) is 11.3 Å². The lowest BCUT2D eigenvalue weighted by Crippen LogP contribution is -2.36. The van der Waals surface area contributed by atoms with Crippen LogP contribution in [0.3, 0.4) is 0 Å². The van der Waals surface area contributed by atoms with Crippen molar-refractivity contribution in [2.45, 2.75) is 38.9 Å². The predicted octanol–water partition coefficient (Wildman–Crippen LogP) is 5.59. The number of aromatic nitrogens is 1. The van der Waals surface area contributed by atoms with Crippen LogP contribution in [0.5, 0.6) is 5.75 Å². The molecule has 172 valence electrons. The molecular weight excluding hydrogens is 444 g/mol. The van der Waals surface area contributed by atoms with E-state index in [9.17, 15) is 14.7 Å². The number of carboxylic acids is 1. The summed E-state index contributed by atoms with van der Waals surface area (Å²) < 4.78 is 11.7. The van der Waals surface area contributed by atoms with Gasteiger partial charge >= 0.3 is 12.1 Å². The monoisotopic (exact) mass is 468 g/mol. The number of carbonyl (C=O) groups excluding carboxylic acids is 1. The van der Waals surface area contributed by atoms with Gasteiger partial charge in [0, 0.05) is 36.0 Å². The molecule has 0 saturated heterocycles. The van der Waals surface area contributed by atoms with Gasteiger partial charge < -0.3 is 14.6 Å². The number of pyridine rings is 1. The summed E-state index contributed by atoms with van der Waals surface area (Å²) in [7, 11) is 0. The van der Waals surface area contributed by atoms with E-state index in [-0.39, 0.29) is 17.4 Å². The largest absolute Gasteiger partial charge is 0.487 e. The summed E-state index contributed by atoms with van der Waals surface area (Å²) in [5, 5.41) is 10.1. The average molecular weight is 469 g/mol. The normalized spacial score (nSPS) is 15.4. The van der Waals surface area contributed by atoms with E-state index in [1.165, 1.54) is 11.1 Å². The van der Waals surface area contributed by atoms with Crippen molar-refractivity contribution in [1.82, 2.24) is 4.98 Å². The predicted molar refractivity (Wildman–Crippen MR) is 127 cm³/mol. The number of fused-ring (bicyclic) bond motifs is 3. The van der Waals surface area contributed by atoms with Crippen LogP contribution in [0.4, 0.5) is 10.5 Å².